The summed E-state index contributed by atoms with van der Waals surface area (Å²) in [5.74, 6) is 0.204. The Bertz CT molecular complexity index is 465. The number of hydrogen-bond acceptors (Lipinski definition) is 4. The van der Waals surface area contributed by atoms with Crippen molar-refractivity contribution in [1.82, 2.24) is 15.1 Å². The fraction of sp³-hybridized carbons (Fsp3) is 0.733. The highest BCUT2D eigenvalue weighted by Crippen LogP contribution is 2.28. The predicted octanol–water partition coefficient (Wildman–Crippen LogP) is 1.34. The molecule has 1 N–H and O–H groups in total. The lowest BCUT2D eigenvalue weighted by Gasteiger charge is -2.14. The Morgan fingerprint density at radius 2 is 2.25 bits per heavy atom. The molecule has 3 rings (SSSR count). The van der Waals surface area contributed by atoms with Crippen molar-refractivity contribution in [3.63, 3.8) is 0 Å². The molecule has 20 heavy (non-hydrogen) atoms. The summed E-state index contributed by atoms with van der Waals surface area (Å²) in [6.07, 6.45) is 7.47. The van der Waals surface area contributed by atoms with Crippen LogP contribution in [0.4, 0.5) is 0 Å². The highest BCUT2D eigenvalue weighted by Gasteiger charge is 2.33. The molecule has 0 radical (unpaired) electrons. The third kappa shape index (κ3) is 2.79. The Labute approximate surface area is 119 Å². The first-order valence-corrected chi connectivity index (χ1v) is 7.59. The second-order valence-corrected chi connectivity index (χ2v) is 5.91. The van der Waals surface area contributed by atoms with Crippen LogP contribution in [0.5, 0.6) is 0 Å². The number of rotatable bonds is 5. The van der Waals surface area contributed by atoms with E-state index in [1.165, 1.54) is 25.7 Å². The van der Waals surface area contributed by atoms with Gasteiger partial charge < -0.3 is 10.1 Å². The number of nitrogens with one attached hydrogen (secondary N) is 1. The monoisotopic (exact) mass is 277 g/mol. The minimum Gasteiger partial charge on any atom is -0.379 e. The lowest BCUT2D eigenvalue weighted by atomic mass is 9.95. The van der Waals surface area contributed by atoms with Crippen molar-refractivity contribution in [1.29, 1.82) is 0 Å². The normalized spacial score (nSPS) is 27.2. The number of carbonyl (C=O) groups excluding carboxylic acids is 1. The fourth-order valence-corrected chi connectivity index (χ4v) is 3.31. The van der Waals surface area contributed by atoms with Crippen molar-refractivity contribution in [3.8, 4) is 0 Å². The van der Waals surface area contributed by atoms with Crippen LogP contribution >= 0.6 is 0 Å². The second-order valence-electron chi connectivity index (χ2n) is 5.91. The molecule has 1 saturated carbocycles. The quantitative estimate of drug-likeness (QED) is 0.882. The highest BCUT2D eigenvalue weighted by atomic mass is 16.5. The number of ketones is 1. The van der Waals surface area contributed by atoms with Gasteiger partial charge in [-0.2, -0.15) is 5.10 Å². The number of Topliss-reactive ketones (excluding diaryl/α,β-unsaturated/α-hetero) is 1. The minimum atomic E-state index is -0.0309. The first-order chi connectivity index (χ1) is 9.78. The zero-order valence-electron chi connectivity index (χ0n) is 12.0. The van der Waals surface area contributed by atoms with Crippen LogP contribution in [-0.4, -0.2) is 41.9 Å². The van der Waals surface area contributed by atoms with Crippen molar-refractivity contribution in [3.05, 3.63) is 18.0 Å². The molecule has 0 spiro atoms. The average Bonchev–Trinajstić information content (AvgIpc) is 3.19. The molecule has 1 aliphatic heterocycles. The van der Waals surface area contributed by atoms with Gasteiger partial charge in [-0.05, 0) is 26.0 Å². The van der Waals surface area contributed by atoms with Gasteiger partial charge in [0.1, 0.15) is 5.78 Å². The van der Waals surface area contributed by atoms with Crippen molar-refractivity contribution in [2.45, 2.75) is 44.2 Å². The molecule has 1 aromatic heterocycles. The summed E-state index contributed by atoms with van der Waals surface area (Å²) in [6.45, 7) is 1.16. The summed E-state index contributed by atoms with van der Waals surface area (Å²) in [5.41, 5.74) is 0.892. The summed E-state index contributed by atoms with van der Waals surface area (Å²) in [4.78, 5) is 12.3. The standard InChI is InChI=1S/C15H23N3O2/c1-16-14-10-20-9-13(14)15(19)8-11-6-7-18(17-11)12-4-2-3-5-12/h6-7,12-14,16H,2-5,8-10H2,1H3. The van der Waals surface area contributed by atoms with Crippen LogP contribution in [0.3, 0.4) is 0 Å². The van der Waals surface area contributed by atoms with Gasteiger partial charge in [-0.15, -0.1) is 0 Å². The molecule has 2 aliphatic rings. The van der Waals surface area contributed by atoms with E-state index in [-0.39, 0.29) is 17.7 Å². The van der Waals surface area contributed by atoms with Gasteiger partial charge in [0.05, 0.1) is 37.3 Å². The van der Waals surface area contributed by atoms with E-state index in [4.69, 9.17) is 4.74 Å². The number of ether oxygens (including phenoxy) is 1. The van der Waals surface area contributed by atoms with Crippen LogP contribution in [0.25, 0.3) is 0 Å². The molecule has 2 unspecified atom stereocenters. The van der Waals surface area contributed by atoms with E-state index in [0.717, 1.165) is 5.69 Å². The maximum absolute atomic E-state index is 12.3. The molecule has 1 saturated heterocycles. The molecule has 2 heterocycles. The maximum Gasteiger partial charge on any atom is 0.145 e. The van der Waals surface area contributed by atoms with E-state index in [1.807, 2.05) is 19.3 Å². The number of likely N-dealkylation sites (N-methyl/N-ethyl adjacent to an activating group) is 1. The van der Waals surface area contributed by atoms with Gasteiger partial charge in [0.15, 0.2) is 0 Å². The van der Waals surface area contributed by atoms with Gasteiger partial charge in [0, 0.05) is 12.2 Å². The Morgan fingerprint density at radius 1 is 1.45 bits per heavy atom. The first-order valence-electron chi connectivity index (χ1n) is 7.59. The van der Waals surface area contributed by atoms with Gasteiger partial charge >= 0.3 is 0 Å². The SMILES string of the molecule is CNC1COCC1C(=O)Cc1ccn(C2CCCC2)n1. The van der Waals surface area contributed by atoms with E-state index in [0.29, 0.717) is 25.7 Å². The Morgan fingerprint density at radius 3 is 3.00 bits per heavy atom. The van der Waals surface area contributed by atoms with E-state index >= 15 is 0 Å². The molecule has 110 valence electrons. The van der Waals surface area contributed by atoms with E-state index < -0.39 is 0 Å². The first kappa shape index (κ1) is 13.8. The maximum atomic E-state index is 12.3. The Hall–Kier alpha value is -1.20. The number of carbonyl (C=O) groups is 1. The van der Waals surface area contributed by atoms with Crippen molar-refractivity contribution in [2.24, 2.45) is 5.92 Å². The van der Waals surface area contributed by atoms with Crippen molar-refractivity contribution >= 4 is 5.78 Å². The van der Waals surface area contributed by atoms with Crippen LogP contribution < -0.4 is 5.32 Å². The average molecular weight is 277 g/mol. The van der Waals surface area contributed by atoms with Gasteiger partial charge in [-0.1, -0.05) is 12.8 Å². The van der Waals surface area contributed by atoms with Crippen LogP contribution in [0, 0.1) is 5.92 Å². The van der Waals surface area contributed by atoms with Gasteiger partial charge in [0.25, 0.3) is 0 Å². The molecular formula is C15H23N3O2. The fourth-order valence-electron chi connectivity index (χ4n) is 3.31. The molecule has 0 aromatic carbocycles. The lowest BCUT2D eigenvalue weighted by Crippen LogP contribution is -2.37. The third-order valence-electron chi connectivity index (χ3n) is 4.58. The molecule has 5 heteroatoms. The Kier molecular flexibility index (Phi) is 4.17. The molecule has 0 amide bonds. The summed E-state index contributed by atoms with van der Waals surface area (Å²) in [7, 11) is 1.88. The van der Waals surface area contributed by atoms with Gasteiger partial charge in [-0.25, -0.2) is 0 Å². The molecule has 2 fully saturated rings. The summed E-state index contributed by atoms with van der Waals surface area (Å²) in [5, 5.41) is 7.75. The summed E-state index contributed by atoms with van der Waals surface area (Å²) in [6, 6.07) is 2.68. The van der Waals surface area contributed by atoms with Crippen LogP contribution in [0.2, 0.25) is 0 Å². The van der Waals surface area contributed by atoms with E-state index in [9.17, 15) is 4.79 Å². The zero-order chi connectivity index (χ0) is 13.9. The topological polar surface area (TPSA) is 56.1 Å². The van der Waals surface area contributed by atoms with Crippen LogP contribution in [0.15, 0.2) is 12.3 Å². The summed E-state index contributed by atoms with van der Waals surface area (Å²) < 4.78 is 7.45. The molecule has 0 bridgehead atoms. The zero-order valence-corrected chi connectivity index (χ0v) is 12.0. The third-order valence-corrected chi connectivity index (χ3v) is 4.58. The predicted molar refractivity (Wildman–Crippen MR) is 75.6 cm³/mol. The minimum absolute atomic E-state index is 0.0309. The van der Waals surface area contributed by atoms with Crippen molar-refractivity contribution in [2.75, 3.05) is 20.3 Å². The second kappa shape index (κ2) is 6.06. The van der Waals surface area contributed by atoms with Gasteiger partial charge in [-0.3, -0.25) is 9.48 Å². The Balaban J connectivity index is 1.61. The highest BCUT2D eigenvalue weighted by molar-refractivity contribution is 5.84. The molecule has 1 aromatic rings. The number of nitrogens with zero attached hydrogens (tertiary/aromatic N) is 2. The van der Waals surface area contributed by atoms with E-state index in [2.05, 4.69) is 15.1 Å². The van der Waals surface area contributed by atoms with Crippen LogP contribution in [-0.2, 0) is 16.0 Å². The largest absolute Gasteiger partial charge is 0.379 e. The number of hydrogen-bond donors (Lipinski definition) is 1. The molecule has 5 nitrogen and oxygen atoms in total. The van der Waals surface area contributed by atoms with Crippen molar-refractivity contribution < 1.29 is 9.53 Å². The van der Waals surface area contributed by atoms with Gasteiger partial charge in [0.2, 0.25) is 0 Å². The van der Waals surface area contributed by atoms with Crippen LogP contribution in [0.1, 0.15) is 37.4 Å². The molecule has 2 atom stereocenters. The lowest BCUT2D eigenvalue weighted by molar-refractivity contribution is -0.122. The smallest absolute Gasteiger partial charge is 0.145 e. The molecule has 1 aliphatic carbocycles. The summed E-state index contributed by atoms with van der Waals surface area (Å²) >= 11 is 0. The van der Waals surface area contributed by atoms with E-state index in [1.54, 1.807) is 0 Å². The molecular weight excluding hydrogens is 254 g/mol. The number of aromatic nitrogens is 2.